The van der Waals surface area contributed by atoms with Gasteiger partial charge in [0.25, 0.3) is 0 Å². The molecule has 5 nitrogen and oxygen atoms in total. The summed E-state index contributed by atoms with van der Waals surface area (Å²) in [6.07, 6.45) is 0.726. The van der Waals surface area contributed by atoms with Crippen molar-refractivity contribution in [3.8, 4) is 10.6 Å². The Balaban J connectivity index is 2.08. The Kier molecular flexibility index (Phi) is 5.81. The van der Waals surface area contributed by atoms with Crippen molar-refractivity contribution in [2.45, 2.75) is 19.8 Å². The fourth-order valence-electron chi connectivity index (χ4n) is 2.13. The summed E-state index contributed by atoms with van der Waals surface area (Å²) < 4.78 is 13.2. The quantitative estimate of drug-likeness (QED) is 0.844. The fourth-order valence-corrected chi connectivity index (χ4v) is 2.95. The Morgan fingerprint density at radius 3 is 2.83 bits per heavy atom. The third kappa shape index (κ3) is 4.85. The average Bonchev–Trinajstić information content (AvgIpc) is 2.95. The molecule has 1 amide bonds. The van der Waals surface area contributed by atoms with Crippen LogP contribution in [0.4, 0.5) is 4.39 Å². The number of carboxylic acid groups (broad SMARTS) is 1. The second kappa shape index (κ2) is 7.82. The number of thiazole rings is 1. The van der Waals surface area contributed by atoms with Crippen molar-refractivity contribution in [1.82, 2.24) is 9.88 Å². The molecule has 0 bridgehead atoms. The first-order chi connectivity index (χ1) is 11.0. The number of hydrogen-bond donors (Lipinski definition) is 1. The normalized spacial score (nSPS) is 10.5. The molecule has 0 radical (unpaired) electrons. The van der Waals surface area contributed by atoms with E-state index < -0.39 is 5.97 Å². The lowest BCUT2D eigenvalue weighted by molar-refractivity contribution is -0.144. The summed E-state index contributed by atoms with van der Waals surface area (Å²) in [5, 5.41) is 11.2. The number of aromatic nitrogens is 1. The van der Waals surface area contributed by atoms with Gasteiger partial charge in [0, 0.05) is 17.5 Å². The van der Waals surface area contributed by atoms with Gasteiger partial charge in [-0.1, -0.05) is 19.1 Å². The van der Waals surface area contributed by atoms with E-state index in [1.807, 2.05) is 6.92 Å². The summed E-state index contributed by atoms with van der Waals surface area (Å²) in [4.78, 5) is 28.7. The van der Waals surface area contributed by atoms with E-state index in [0.29, 0.717) is 29.2 Å². The second-order valence-corrected chi connectivity index (χ2v) is 5.90. The van der Waals surface area contributed by atoms with Gasteiger partial charge < -0.3 is 10.0 Å². The highest BCUT2D eigenvalue weighted by Gasteiger charge is 2.18. The van der Waals surface area contributed by atoms with E-state index in [4.69, 9.17) is 5.11 Å². The molecule has 0 saturated carbocycles. The SMILES string of the molecule is CCCN(CC(=O)O)C(=O)Cc1csc(-c2cccc(F)c2)n1. The number of hydrogen-bond acceptors (Lipinski definition) is 4. The molecule has 0 fully saturated rings. The van der Waals surface area contributed by atoms with Crippen LogP contribution in [0.5, 0.6) is 0 Å². The largest absolute Gasteiger partial charge is 0.480 e. The number of amides is 1. The van der Waals surface area contributed by atoms with Crippen LogP contribution < -0.4 is 0 Å². The van der Waals surface area contributed by atoms with Crippen LogP contribution in [0.2, 0.25) is 0 Å². The minimum absolute atomic E-state index is 0.0408. The highest BCUT2D eigenvalue weighted by atomic mass is 32.1. The molecule has 7 heteroatoms. The summed E-state index contributed by atoms with van der Waals surface area (Å²) in [6, 6.07) is 6.10. The molecule has 0 aliphatic rings. The zero-order chi connectivity index (χ0) is 16.8. The van der Waals surface area contributed by atoms with Crippen LogP contribution in [0, 0.1) is 5.82 Å². The molecule has 0 saturated heterocycles. The van der Waals surface area contributed by atoms with Gasteiger partial charge in [0.1, 0.15) is 17.4 Å². The molecule has 23 heavy (non-hydrogen) atoms. The first kappa shape index (κ1) is 17.1. The average molecular weight is 336 g/mol. The Morgan fingerprint density at radius 1 is 1.39 bits per heavy atom. The predicted octanol–water partition coefficient (Wildman–Crippen LogP) is 2.81. The number of halogens is 1. The van der Waals surface area contributed by atoms with Crippen LogP contribution >= 0.6 is 11.3 Å². The summed E-state index contributed by atoms with van der Waals surface area (Å²) in [6.45, 7) is 1.96. The van der Waals surface area contributed by atoms with E-state index in [0.717, 1.165) is 0 Å². The number of nitrogens with zero attached hydrogens (tertiary/aromatic N) is 2. The van der Waals surface area contributed by atoms with E-state index in [9.17, 15) is 14.0 Å². The molecule has 122 valence electrons. The maximum Gasteiger partial charge on any atom is 0.323 e. The van der Waals surface area contributed by atoms with Crippen molar-refractivity contribution in [3.63, 3.8) is 0 Å². The lowest BCUT2D eigenvalue weighted by Gasteiger charge is -2.19. The van der Waals surface area contributed by atoms with Crippen LogP contribution in [-0.2, 0) is 16.0 Å². The van der Waals surface area contributed by atoms with E-state index in [1.54, 1.807) is 17.5 Å². The van der Waals surface area contributed by atoms with Gasteiger partial charge in [-0.3, -0.25) is 9.59 Å². The van der Waals surface area contributed by atoms with Gasteiger partial charge in [-0.05, 0) is 18.6 Å². The summed E-state index contributed by atoms with van der Waals surface area (Å²) >= 11 is 1.33. The molecule has 0 unspecified atom stereocenters. The van der Waals surface area contributed by atoms with Gasteiger partial charge >= 0.3 is 5.97 Å². The minimum atomic E-state index is -1.04. The van der Waals surface area contributed by atoms with E-state index in [-0.39, 0.29) is 24.7 Å². The van der Waals surface area contributed by atoms with Crippen molar-refractivity contribution in [3.05, 3.63) is 41.2 Å². The topological polar surface area (TPSA) is 70.5 Å². The molecular weight excluding hydrogens is 319 g/mol. The van der Waals surface area contributed by atoms with Gasteiger partial charge in [0.2, 0.25) is 5.91 Å². The van der Waals surface area contributed by atoms with Crippen LogP contribution in [0.3, 0.4) is 0 Å². The molecule has 1 aromatic heterocycles. The van der Waals surface area contributed by atoms with Gasteiger partial charge in [-0.25, -0.2) is 9.37 Å². The third-order valence-electron chi connectivity index (χ3n) is 3.13. The molecule has 0 spiro atoms. The molecule has 0 aliphatic heterocycles. The monoisotopic (exact) mass is 336 g/mol. The lowest BCUT2D eigenvalue weighted by atomic mass is 10.2. The first-order valence-corrected chi connectivity index (χ1v) is 8.07. The number of rotatable bonds is 7. The Hall–Kier alpha value is -2.28. The highest BCUT2D eigenvalue weighted by molar-refractivity contribution is 7.13. The molecule has 2 rings (SSSR count). The van der Waals surface area contributed by atoms with Crippen LogP contribution in [0.25, 0.3) is 10.6 Å². The number of aliphatic carboxylic acids is 1. The van der Waals surface area contributed by atoms with Crippen molar-refractivity contribution >= 4 is 23.2 Å². The van der Waals surface area contributed by atoms with Crippen molar-refractivity contribution in [1.29, 1.82) is 0 Å². The summed E-state index contributed by atoms with van der Waals surface area (Å²) in [5.41, 5.74) is 1.22. The van der Waals surface area contributed by atoms with E-state index in [2.05, 4.69) is 4.98 Å². The molecule has 0 aliphatic carbocycles. The van der Waals surface area contributed by atoms with Crippen molar-refractivity contribution in [2.24, 2.45) is 0 Å². The summed E-state index contributed by atoms with van der Waals surface area (Å²) in [5.74, 6) is -1.65. The number of benzene rings is 1. The van der Waals surface area contributed by atoms with E-state index >= 15 is 0 Å². The van der Waals surface area contributed by atoms with Crippen LogP contribution in [0.1, 0.15) is 19.0 Å². The standard InChI is InChI=1S/C16H17FN2O3S/c1-2-6-19(9-15(21)22)14(20)8-13-10-23-16(18-13)11-4-3-5-12(17)7-11/h3-5,7,10H,2,6,8-9H2,1H3,(H,21,22). The van der Waals surface area contributed by atoms with Crippen LogP contribution in [0.15, 0.2) is 29.6 Å². The van der Waals surface area contributed by atoms with Gasteiger partial charge in [-0.2, -0.15) is 0 Å². The smallest absolute Gasteiger partial charge is 0.323 e. The minimum Gasteiger partial charge on any atom is -0.480 e. The summed E-state index contributed by atoms with van der Waals surface area (Å²) in [7, 11) is 0. The maximum atomic E-state index is 13.2. The molecule has 2 aromatic rings. The lowest BCUT2D eigenvalue weighted by Crippen LogP contribution is -2.37. The van der Waals surface area contributed by atoms with Gasteiger partial charge in [-0.15, -0.1) is 11.3 Å². The second-order valence-electron chi connectivity index (χ2n) is 5.04. The third-order valence-corrected chi connectivity index (χ3v) is 4.07. The molecule has 1 heterocycles. The number of carbonyl (C=O) groups is 2. The fraction of sp³-hybridized carbons (Fsp3) is 0.312. The predicted molar refractivity (Wildman–Crippen MR) is 85.7 cm³/mol. The highest BCUT2D eigenvalue weighted by Crippen LogP contribution is 2.24. The van der Waals surface area contributed by atoms with Gasteiger partial charge in [0.05, 0.1) is 12.1 Å². The zero-order valence-electron chi connectivity index (χ0n) is 12.7. The van der Waals surface area contributed by atoms with E-state index in [1.165, 1.54) is 28.4 Å². The Labute approximate surface area is 137 Å². The number of carbonyl (C=O) groups excluding carboxylic acids is 1. The zero-order valence-corrected chi connectivity index (χ0v) is 13.5. The molecular formula is C16H17FN2O3S. The van der Waals surface area contributed by atoms with Crippen molar-refractivity contribution in [2.75, 3.05) is 13.1 Å². The maximum absolute atomic E-state index is 13.2. The number of carboxylic acids is 1. The molecule has 1 N–H and O–H groups in total. The Morgan fingerprint density at radius 2 is 2.17 bits per heavy atom. The molecule has 1 aromatic carbocycles. The van der Waals surface area contributed by atoms with Gasteiger partial charge in [0.15, 0.2) is 0 Å². The molecule has 0 atom stereocenters. The first-order valence-electron chi connectivity index (χ1n) is 7.19. The van der Waals surface area contributed by atoms with Crippen molar-refractivity contribution < 1.29 is 19.1 Å². The van der Waals surface area contributed by atoms with Crippen LogP contribution in [-0.4, -0.2) is 40.0 Å². The Bertz CT molecular complexity index is 702.